The molecular formula is C22H19FN2O2S. The first kappa shape index (κ1) is 18.5. The fraction of sp³-hybridized carbons (Fsp3) is 0.227. The second kappa shape index (κ2) is 7.28. The van der Waals surface area contributed by atoms with E-state index in [2.05, 4.69) is 18.8 Å². The van der Waals surface area contributed by atoms with Crippen LogP contribution in [0.2, 0.25) is 0 Å². The molecule has 0 unspecified atom stereocenters. The molecule has 0 fully saturated rings. The van der Waals surface area contributed by atoms with Gasteiger partial charge in [-0.25, -0.2) is 9.37 Å². The van der Waals surface area contributed by atoms with Gasteiger partial charge in [0.25, 0.3) is 5.56 Å². The summed E-state index contributed by atoms with van der Waals surface area (Å²) in [5.41, 5.74) is -0.464. The zero-order valence-corrected chi connectivity index (χ0v) is 16.4. The molecule has 4 nitrogen and oxygen atoms in total. The molecule has 0 N–H and O–H groups in total. The third-order valence-corrected chi connectivity index (χ3v) is 5.81. The lowest BCUT2D eigenvalue weighted by molar-refractivity contribution is 0.508. The molecule has 142 valence electrons. The standard InChI is InChI=1S/C22H19FN2O2S/c1-13(2)11-12-25-20(14-7-3-5-9-16(14)23)24-21-18(22(25)27)19(26)15-8-4-6-10-17(15)28-21/h3-10,13H,11-12H2,1-2H3. The van der Waals surface area contributed by atoms with Crippen molar-refractivity contribution >= 4 is 31.6 Å². The van der Waals surface area contributed by atoms with E-state index < -0.39 is 11.4 Å². The van der Waals surface area contributed by atoms with Gasteiger partial charge in [0.05, 0.1) is 5.56 Å². The molecule has 6 heteroatoms. The van der Waals surface area contributed by atoms with Gasteiger partial charge in [-0.15, -0.1) is 11.3 Å². The summed E-state index contributed by atoms with van der Waals surface area (Å²) < 4.78 is 16.7. The second-order valence-electron chi connectivity index (χ2n) is 7.16. The van der Waals surface area contributed by atoms with Gasteiger partial charge in [0.1, 0.15) is 21.9 Å². The van der Waals surface area contributed by atoms with Crippen LogP contribution in [-0.4, -0.2) is 9.55 Å². The van der Waals surface area contributed by atoms with E-state index in [9.17, 15) is 14.0 Å². The monoisotopic (exact) mass is 394 g/mol. The molecule has 28 heavy (non-hydrogen) atoms. The van der Waals surface area contributed by atoms with Crippen LogP contribution in [0.4, 0.5) is 4.39 Å². The van der Waals surface area contributed by atoms with Crippen LogP contribution in [0.5, 0.6) is 0 Å². The van der Waals surface area contributed by atoms with Crippen molar-refractivity contribution in [2.45, 2.75) is 26.8 Å². The molecule has 0 bridgehead atoms. The van der Waals surface area contributed by atoms with Crippen LogP contribution in [0, 0.1) is 11.7 Å². The summed E-state index contributed by atoms with van der Waals surface area (Å²) in [7, 11) is 0. The van der Waals surface area contributed by atoms with Gasteiger partial charge in [0.15, 0.2) is 0 Å². The Morgan fingerprint density at radius 3 is 2.54 bits per heavy atom. The van der Waals surface area contributed by atoms with Crippen molar-refractivity contribution < 1.29 is 4.39 Å². The number of fused-ring (bicyclic) bond motifs is 2. The molecule has 2 heterocycles. The maximum atomic E-state index is 14.5. The van der Waals surface area contributed by atoms with Crippen LogP contribution in [-0.2, 0) is 6.54 Å². The van der Waals surface area contributed by atoms with Gasteiger partial charge in [0.2, 0.25) is 5.43 Å². The van der Waals surface area contributed by atoms with E-state index >= 15 is 0 Å². The second-order valence-corrected chi connectivity index (χ2v) is 8.19. The predicted octanol–water partition coefficient (Wildman–Crippen LogP) is 4.82. The topological polar surface area (TPSA) is 52.0 Å². The van der Waals surface area contributed by atoms with Crippen LogP contribution in [0.3, 0.4) is 0 Å². The number of rotatable bonds is 4. The molecule has 0 atom stereocenters. The van der Waals surface area contributed by atoms with E-state index in [0.717, 1.165) is 11.1 Å². The molecule has 0 spiro atoms. The van der Waals surface area contributed by atoms with Crippen molar-refractivity contribution in [2.24, 2.45) is 5.92 Å². The van der Waals surface area contributed by atoms with E-state index in [4.69, 9.17) is 0 Å². The van der Waals surface area contributed by atoms with Crippen molar-refractivity contribution in [1.82, 2.24) is 9.55 Å². The molecule has 0 radical (unpaired) electrons. The van der Waals surface area contributed by atoms with Gasteiger partial charge >= 0.3 is 0 Å². The SMILES string of the molecule is CC(C)CCn1c(-c2ccccc2F)nc2sc3ccccc3c(=O)c2c1=O. The van der Waals surface area contributed by atoms with Crippen LogP contribution < -0.4 is 11.0 Å². The summed E-state index contributed by atoms with van der Waals surface area (Å²) in [5.74, 6) is 0.171. The van der Waals surface area contributed by atoms with E-state index in [-0.39, 0.29) is 22.2 Å². The van der Waals surface area contributed by atoms with Crippen molar-refractivity contribution in [1.29, 1.82) is 0 Å². The van der Waals surface area contributed by atoms with E-state index in [1.807, 2.05) is 12.1 Å². The first-order chi connectivity index (χ1) is 13.5. The summed E-state index contributed by atoms with van der Waals surface area (Å²) in [6.45, 7) is 4.48. The van der Waals surface area contributed by atoms with E-state index in [1.54, 1.807) is 30.3 Å². The first-order valence-electron chi connectivity index (χ1n) is 9.18. The Balaban J connectivity index is 2.11. The van der Waals surface area contributed by atoms with Crippen molar-refractivity contribution in [3.63, 3.8) is 0 Å². The Morgan fingerprint density at radius 1 is 1.07 bits per heavy atom. The average Bonchev–Trinajstić information content (AvgIpc) is 2.67. The largest absolute Gasteiger partial charge is 0.292 e. The summed E-state index contributed by atoms with van der Waals surface area (Å²) in [4.78, 5) is 31.2. The summed E-state index contributed by atoms with van der Waals surface area (Å²) in [5, 5.41) is 0.584. The molecule has 0 aliphatic carbocycles. The fourth-order valence-corrected chi connectivity index (χ4v) is 4.27. The number of benzene rings is 2. The molecule has 0 saturated heterocycles. The minimum Gasteiger partial charge on any atom is -0.292 e. The number of hydrogen-bond donors (Lipinski definition) is 0. The van der Waals surface area contributed by atoms with Crippen molar-refractivity contribution in [3.8, 4) is 11.4 Å². The number of nitrogens with zero attached hydrogens (tertiary/aromatic N) is 2. The Morgan fingerprint density at radius 2 is 1.79 bits per heavy atom. The minimum absolute atomic E-state index is 0.0764. The average molecular weight is 394 g/mol. The van der Waals surface area contributed by atoms with Gasteiger partial charge < -0.3 is 0 Å². The van der Waals surface area contributed by atoms with Gasteiger partial charge in [0, 0.05) is 16.6 Å². The minimum atomic E-state index is -0.444. The quantitative estimate of drug-likeness (QED) is 0.466. The molecule has 0 amide bonds. The lowest BCUT2D eigenvalue weighted by Crippen LogP contribution is -2.28. The Labute approximate surface area is 164 Å². The third-order valence-electron chi connectivity index (χ3n) is 4.75. The van der Waals surface area contributed by atoms with E-state index in [1.165, 1.54) is 22.0 Å². The van der Waals surface area contributed by atoms with Crippen LogP contribution in [0.1, 0.15) is 20.3 Å². The van der Waals surface area contributed by atoms with Crippen molar-refractivity contribution in [3.05, 3.63) is 74.9 Å². The normalized spacial score (nSPS) is 11.6. The molecule has 2 aromatic carbocycles. The van der Waals surface area contributed by atoms with Gasteiger partial charge in [-0.1, -0.05) is 38.1 Å². The Bertz CT molecular complexity index is 1310. The Kier molecular flexibility index (Phi) is 4.81. The van der Waals surface area contributed by atoms with Crippen molar-refractivity contribution in [2.75, 3.05) is 0 Å². The fourth-order valence-electron chi connectivity index (χ4n) is 3.23. The first-order valence-corrected chi connectivity index (χ1v) is 10.0. The molecule has 4 rings (SSSR count). The van der Waals surface area contributed by atoms with Gasteiger partial charge in [-0.3, -0.25) is 14.2 Å². The maximum absolute atomic E-state index is 14.5. The predicted molar refractivity (Wildman–Crippen MR) is 113 cm³/mol. The molecule has 4 aromatic rings. The van der Waals surface area contributed by atoms with Gasteiger partial charge in [-0.2, -0.15) is 0 Å². The molecule has 2 aromatic heterocycles. The summed E-state index contributed by atoms with van der Waals surface area (Å²) >= 11 is 1.28. The number of aromatic nitrogens is 2. The summed E-state index contributed by atoms with van der Waals surface area (Å²) in [6.07, 6.45) is 0.722. The highest BCUT2D eigenvalue weighted by molar-refractivity contribution is 7.24. The highest BCUT2D eigenvalue weighted by atomic mass is 32.1. The molecular weight excluding hydrogens is 375 g/mol. The maximum Gasteiger partial charge on any atom is 0.266 e. The van der Waals surface area contributed by atoms with Gasteiger partial charge in [-0.05, 0) is 36.6 Å². The van der Waals surface area contributed by atoms with Crippen LogP contribution >= 0.6 is 11.3 Å². The number of hydrogen-bond acceptors (Lipinski definition) is 4. The number of halogens is 1. The lowest BCUT2D eigenvalue weighted by atomic mass is 10.1. The highest BCUT2D eigenvalue weighted by Gasteiger charge is 2.19. The molecule has 0 saturated carbocycles. The van der Waals surface area contributed by atoms with Crippen LogP contribution in [0.15, 0.2) is 58.1 Å². The van der Waals surface area contributed by atoms with Crippen LogP contribution in [0.25, 0.3) is 31.7 Å². The highest BCUT2D eigenvalue weighted by Crippen LogP contribution is 2.26. The third kappa shape index (κ3) is 3.14. The lowest BCUT2D eigenvalue weighted by Gasteiger charge is -2.15. The molecule has 0 aliphatic rings. The molecule has 0 aliphatic heterocycles. The zero-order chi connectivity index (χ0) is 19.8. The van der Waals surface area contributed by atoms with E-state index in [0.29, 0.717) is 22.7 Å². The smallest absolute Gasteiger partial charge is 0.266 e. The Hall–Kier alpha value is -2.86. The zero-order valence-electron chi connectivity index (χ0n) is 15.6. The summed E-state index contributed by atoms with van der Waals surface area (Å²) in [6, 6.07) is 13.4.